The molecule has 0 heterocycles. The second-order valence-electron chi connectivity index (χ2n) is 12.9. The molecule has 1 unspecified atom stereocenters. The fourth-order valence-electron chi connectivity index (χ4n) is 5.22. The van der Waals surface area contributed by atoms with E-state index in [4.69, 9.17) is 0 Å². The van der Waals surface area contributed by atoms with Gasteiger partial charge in [0.25, 0.3) is 0 Å². The second-order valence-corrected chi connectivity index (χ2v) is 16.6. The zero-order valence-electron chi connectivity index (χ0n) is 22.6. The van der Waals surface area contributed by atoms with Gasteiger partial charge in [0.05, 0.1) is 0 Å². The number of allylic oxidation sites excluding steroid dienone is 4. The Morgan fingerprint density at radius 1 is 0.735 bits per heavy atom. The molecule has 0 amide bonds. The van der Waals surface area contributed by atoms with Crippen molar-refractivity contribution < 1.29 is 48.0 Å². The molecule has 3 heteroatoms. The van der Waals surface area contributed by atoms with Gasteiger partial charge in [-0.25, -0.2) is 0 Å². The van der Waals surface area contributed by atoms with Gasteiger partial charge in [0.2, 0.25) is 0 Å². The summed E-state index contributed by atoms with van der Waals surface area (Å²) >= 11 is -0.786. The molecule has 0 saturated heterocycles. The van der Waals surface area contributed by atoms with Crippen LogP contribution in [0.4, 0.5) is 0 Å². The van der Waals surface area contributed by atoms with Crippen molar-refractivity contribution in [3.63, 3.8) is 0 Å². The molecule has 0 spiro atoms. The first-order chi connectivity index (χ1) is 14.7. The molecular weight excluding hydrogens is 534 g/mol. The summed E-state index contributed by atoms with van der Waals surface area (Å²) in [5, 5.41) is 0. The van der Waals surface area contributed by atoms with Crippen molar-refractivity contribution >= 4 is 0 Å². The van der Waals surface area contributed by atoms with Gasteiger partial charge in [-0.2, -0.15) is 0 Å². The first-order valence-electron chi connectivity index (χ1n) is 12.1. The first kappa shape index (κ1) is 29.6. The maximum Gasteiger partial charge on any atom is -1.00 e. The Balaban J connectivity index is 0.00000204. The number of hydrogen-bond acceptors (Lipinski definition) is 0. The molecule has 182 valence electrons. The van der Waals surface area contributed by atoms with Crippen molar-refractivity contribution in [3.05, 3.63) is 79.2 Å². The topological polar surface area (TPSA) is 0 Å². The minimum Gasteiger partial charge on any atom is -1.00 e. The summed E-state index contributed by atoms with van der Waals surface area (Å²) in [5.74, 6) is 0. The van der Waals surface area contributed by atoms with Gasteiger partial charge >= 0.3 is 209 Å². The van der Waals surface area contributed by atoms with Crippen molar-refractivity contribution in [2.75, 3.05) is 0 Å². The van der Waals surface area contributed by atoms with E-state index in [9.17, 15) is 0 Å². The van der Waals surface area contributed by atoms with Crippen LogP contribution in [-0.2, 0) is 39.5 Å². The van der Waals surface area contributed by atoms with Crippen LogP contribution in [0.1, 0.15) is 106 Å². The van der Waals surface area contributed by atoms with Crippen molar-refractivity contribution in [2.24, 2.45) is 0 Å². The van der Waals surface area contributed by atoms with Gasteiger partial charge in [0.1, 0.15) is 0 Å². The number of benzene rings is 2. The third-order valence-corrected chi connectivity index (χ3v) is 11.1. The van der Waals surface area contributed by atoms with Crippen LogP contribution in [0.2, 0.25) is 0 Å². The maximum atomic E-state index is 2.63. The molecule has 34 heavy (non-hydrogen) atoms. The summed E-state index contributed by atoms with van der Waals surface area (Å²) in [5.41, 5.74) is 12.7. The molecule has 0 aromatic heterocycles. The summed E-state index contributed by atoms with van der Waals surface area (Å²) in [6.45, 7) is 23.7. The molecule has 0 fully saturated rings. The van der Waals surface area contributed by atoms with Gasteiger partial charge in [0.15, 0.2) is 0 Å². The zero-order chi connectivity index (χ0) is 23.6. The molecule has 0 nitrogen and oxygen atoms in total. The Bertz CT molecular complexity index is 1130. The maximum absolute atomic E-state index is 2.63. The Labute approximate surface area is 232 Å². The smallest absolute Gasteiger partial charge is 1.00 e. The Hall–Kier alpha value is -0.617. The third kappa shape index (κ3) is 5.53. The monoisotopic (exact) mass is 572 g/mol. The Morgan fingerprint density at radius 2 is 1.32 bits per heavy atom. The standard InChI is InChI=1S/C26H35.C5H5.2ClH.Zr/c1-16-11-19(24(2,3)4)13-18-12-17-14-21(25(5,6)7)22(26(8,9)10)15-20(17)23(16)18;1-2-4-5-3-1;;;/h11-15H,1-10H3;1-3H,4H2;2*1H;/q;;;;+2/p-2. The Morgan fingerprint density at radius 3 is 1.82 bits per heavy atom. The van der Waals surface area contributed by atoms with Gasteiger partial charge in [0, 0.05) is 0 Å². The predicted molar refractivity (Wildman–Crippen MR) is 136 cm³/mol. The second kappa shape index (κ2) is 10.0. The van der Waals surface area contributed by atoms with Crippen LogP contribution in [0, 0.1) is 6.92 Å². The molecule has 0 N–H and O–H groups in total. The largest absolute Gasteiger partial charge is 1.00 e. The minimum absolute atomic E-state index is 0. The van der Waals surface area contributed by atoms with E-state index in [0.29, 0.717) is 3.63 Å². The van der Waals surface area contributed by atoms with Crippen LogP contribution in [0.25, 0.3) is 11.1 Å². The average molecular weight is 575 g/mol. The van der Waals surface area contributed by atoms with Crippen molar-refractivity contribution in [2.45, 2.75) is 95.5 Å². The summed E-state index contributed by atoms with van der Waals surface area (Å²) in [6, 6.07) is 10.2. The van der Waals surface area contributed by atoms with E-state index in [0.717, 1.165) is 0 Å². The van der Waals surface area contributed by atoms with Gasteiger partial charge in [-0.1, -0.05) is 0 Å². The molecule has 2 aliphatic carbocycles. The average Bonchev–Trinajstić information content (AvgIpc) is 3.25. The molecule has 0 aliphatic heterocycles. The summed E-state index contributed by atoms with van der Waals surface area (Å²) < 4.78 is 2.35. The van der Waals surface area contributed by atoms with Crippen molar-refractivity contribution in [3.8, 4) is 11.1 Å². The van der Waals surface area contributed by atoms with E-state index < -0.39 is 23.2 Å². The summed E-state index contributed by atoms with van der Waals surface area (Å²) in [7, 11) is 0. The van der Waals surface area contributed by atoms with Crippen LogP contribution in [0.5, 0.6) is 0 Å². The van der Waals surface area contributed by atoms with Gasteiger partial charge in [-0.15, -0.1) is 0 Å². The minimum atomic E-state index is -0.786. The van der Waals surface area contributed by atoms with Crippen LogP contribution >= 0.6 is 0 Å². The molecule has 0 saturated carbocycles. The van der Waals surface area contributed by atoms with Gasteiger partial charge < -0.3 is 24.8 Å². The third-order valence-electron chi connectivity index (χ3n) is 7.03. The van der Waals surface area contributed by atoms with Crippen molar-refractivity contribution in [1.82, 2.24) is 0 Å². The normalized spacial score (nSPS) is 16.8. The van der Waals surface area contributed by atoms with Gasteiger partial charge in [-0.05, 0) is 0 Å². The molecule has 0 radical (unpaired) electrons. The molecule has 2 aromatic carbocycles. The summed E-state index contributed by atoms with van der Waals surface area (Å²) in [6.07, 6.45) is 8.20. The molecule has 2 aliphatic rings. The van der Waals surface area contributed by atoms with E-state index in [2.05, 4.69) is 112 Å². The fraction of sp³-hybridized carbons (Fsp3) is 0.484. The van der Waals surface area contributed by atoms with E-state index in [1.54, 1.807) is 14.4 Å². The molecular formula is C31H40Cl2Zr. The molecule has 4 rings (SSSR count). The first-order valence-corrected chi connectivity index (χ1v) is 14.8. The molecule has 2 aromatic rings. The SMILES string of the molecule is Cc1cc(C(C)(C)C)cc2c1-c1cc(C(C)(C)C)c(C(C)(C)C)cc1[CH]2[Zr+2][C]1=CC=CC1.[Cl-].[Cl-]. The van der Waals surface area contributed by atoms with Gasteiger partial charge in [-0.3, -0.25) is 0 Å². The zero-order valence-corrected chi connectivity index (χ0v) is 26.6. The number of aryl methyl sites for hydroxylation is 1. The number of hydrogen-bond donors (Lipinski definition) is 0. The quantitative estimate of drug-likeness (QED) is 0.518. The number of halogens is 2. The fourth-order valence-corrected chi connectivity index (χ4v) is 9.09. The van der Waals surface area contributed by atoms with E-state index in [1.165, 1.54) is 39.8 Å². The van der Waals surface area contributed by atoms with Crippen LogP contribution in [0.3, 0.4) is 0 Å². The molecule has 1 atom stereocenters. The van der Waals surface area contributed by atoms with E-state index >= 15 is 0 Å². The van der Waals surface area contributed by atoms with E-state index in [1.807, 2.05) is 0 Å². The van der Waals surface area contributed by atoms with Crippen LogP contribution in [-0.4, -0.2) is 0 Å². The molecule has 0 bridgehead atoms. The Kier molecular flexibility index (Phi) is 8.74. The number of rotatable bonds is 2. The van der Waals surface area contributed by atoms with Crippen LogP contribution < -0.4 is 24.8 Å². The van der Waals surface area contributed by atoms with Crippen molar-refractivity contribution in [1.29, 1.82) is 0 Å². The predicted octanol–water partition coefficient (Wildman–Crippen LogP) is 2.89. The van der Waals surface area contributed by atoms with Crippen LogP contribution in [0.15, 0.2) is 45.8 Å². The van der Waals surface area contributed by atoms with E-state index in [-0.39, 0.29) is 41.1 Å². The summed E-state index contributed by atoms with van der Waals surface area (Å²) in [4.78, 5) is 0. The number of fused-ring (bicyclic) bond motifs is 3.